The number of anilines is 1. The van der Waals surface area contributed by atoms with Crippen molar-refractivity contribution in [2.45, 2.75) is 20.3 Å². The number of nitrogens with one attached hydrogen (secondary N) is 1. The normalized spacial score (nSPS) is 10.9. The highest BCUT2D eigenvalue weighted by Crippen LogP contribution is 2.23. The zero-order valence-electron chi connectivity index (χ0n) is 12.4. The van der Waals surface area contributed by atoms with Gasteiger partial charge < -0.3 is 5.32 Å². The number of imidazole rings is 1. The Labute approximate surface area is 133 Å². The molecule has 2 aromatic heterocycles. The fourth-order valence-corrected chi connectivity index (χ4v) is 2.66. The molecule has 0 spiro atoms. The number of aromatic nitrogens is 2. The summed E-state index contributed by atoms with van der Waals surface area (Å²) in [5, 5.41) is 3.38. The molecule has 22 heavy (non-hydrogen) atoms. The summed E-state index contributed by atoms with van der Waals surface area (Å²) >= 11 is 6.11. The number of fused-ring (bicyclic) bond motifs is 1. The number of carbonyl (C=O) groups is 1. The second-order valence-corrected chi connectivity index (χ2v) is 5.49. The van der Waals surface area contributed by atoms with Crippen molar-refractivity contribution in [2.75, 3.05) is 5.32 Å². The van der Waals surface area contributed by atoms with Crippen LogP contribution in [0.25, 0.3) is 5.65 Å². The van der Waals surface area contributed by atoms with E-state index in [-0.39, 0.29) is 5.91 Å². The molecular weight excluding hydrogens is 298 g/mol. The molecule has 0 aliphatic rings. The van der Waals surface area contributed by atoms with E-state index in [1.165, 1.54) is 0 Å². The first-order chi connectivity index (χ1) is 10.6. The summed E-state index contributed by atoms with van der Waals surface area (Å²) in [5.41, 5.74) is 3.77. The third-order valence-corrected chi connectivity index (χ3v) is 3.92. The lowest BCUT2D eigenvalue weighted by Gasteiger charge is -2.08. The fraction of sp³-hybridized carbons (Fsp3) is 0.176. The molecule has 112 valence electrons. The molecule has 4 nitrogen and oxygen atoms in total. The molecule has 0 bridgehead atoms. The Bertz CT molecular complexity index is 854. The van der Waals surface area contributed by atoms with Crippen LogP contribution in [0, 0.1) is 6.92 Å². The molecule has 0 saturated carbocycles. The number of hydrogen-bond donors (Lipinski definition) is 1. The third kappa shape index (κ3) is 2.46. The van der Waals surface area contributed by atoms with Gasteiger partial charge in [0, 0.05) is 6.20 Å². The van der Waals surface area contributed by atoms with Gasteiger partial charge in [-0.2, -0.15) is 0 Å². The lowest BCUT2D eigenvalue weighted by Crippen LogP contribution is -2.16. The van der Waals surface area contributed by atoms with Gasteiger partial charge in [0.15, 0.2) is 0 Å². The van der Waals surface area contributed by atoms with Gasteiger partial charge >= 0.3 is 0 Å². The van der Waals surface area contributed by atoms with E-state index in [1.54, 1.807) is 12.1 Å². The number of pyridine rings is 1. The highest BCUT2D eigenvalue weighted by Gasteiger charge is 2.19. The molecule has 1 N–H and O–H groups in total. The second-order valence-electron chi connectivity index (χ2n) is 5.08. The van der Waals surface area contributed by atoms with Gasteiger partial charge in [-0.1, -0.05) is 36.7 Å². The number of hydrogen-bond acceptors (Lipinski definition) is 2. The predicted octanol–water partition coefficient (Wildman–Crippen LogP) is 4.11. The molecule has 3 aromatic rings. The van der Waals surface area contributed by atoms with Crippen molar-refractivity contribution < 1.29 is 4.79 Å². The van der Waals surface area contributed by atoms with Crippen LogP contribution in [0.5, 0.6) is 0 Å². The minimum atomic E-state index is -0.206. The van der Waals surface area contributed by atoms with Crippen LogP contribution in [-0.4, -0.2) is 15.3 Å². The van der Waals surface area contributed by atoms with E-state index in [9.17, 15) is 4.79 Å². The number of halogens is 1. The van der Waals surface area contributed by atoms with Crippen molar-refractivity contribution in [3.05, 3.63) is 64.6 Å². The Hall–Kier alpha value is -2.33. The van der Waals surface area contributed by atoms with Crippen LogP contribution in [0.3, 0.4) is 0 Å². The summed E-state index contributed by atoms with van der Waals surface area (Å²) in [5.74, 6) is -0.206. The van der Waals surface area contributed by atoms with Crippen molar-refractivity contribution in [1.29, 1.82) is 0 Å². The number of para-hydroxylation sites is 1. The average molecular weight is 314 g/mol. The Morgan fingerprint density at radius 1 is 1.27 bits per heavy atom. The zero-order chi connectivity index (χ0) is 15.7. The molecule has 0 radical (unpaired) electrons. The number of rotatable bonds is 3. The molecule has 0 aliphatic carbocycles. The summed E-state index contributed by atoms with van der Waals surface area (Å²) in [6.45, 7) is 3.97. The Morgan fingerprint density at radius 2 is 2.05 bits per heavy atom. The molecule has 1 amide bonds. The molecule has 0 unspecified atom stereocenters. The second kappa shape index (κ2) is 5.81. The van der Waals surface area contributed by atoms with Crippen LogP contribution in [0.2, 0.25) is 5.02 Å². The molecule has 0 atom stereocenters. The first-order valence-corrected chi connectivity index (χ1v) is 7.52. The fourth-order valence-electron chi connectivity index (χ4n) is 2.48. The summed E-state index contributed by atoms with van der Waals surface area (Å²) in [7, 11) is 0. The Balaban J connectivity index is 2.07. The summed E-state index contributed by atoms with van der Waals surface area (Å²) in [4.78, 5) is 17.3. The molecular formula is C17H16ClN3O. The Kier molecular flexibility index (Phi) is 3.86. The lowest BCUT2D eigenvalue weighted by atomic mass is 10.2. The SMILES string of the molecule is CCc1nc2c(C)cccn2c1C(=O)Nc1ccccc1Cl. The number of carbonyl (C=O) groups excluding carboxylic acids is 1. The topological polar surface area (TPSA) is 46.4 Å². The standard InChI is InChI=1S/C17H16ClN3O/c1-3-13-15(21-10-6-7-11(2)16(21)19-13)17(22)20-14-9-5-4-8-12(14)18/h4-10H,3H2,1-2H3,(H,20,22). The molecule has 5 heteroatoms. The summed E-state index contributed by atoms with van der Waals surface area (Å²) < 4.78 is 1.83. The number of benzene rings is 1. The number of aryl methyl sites for hydroxylation is 2. The van der Waals surface area contributed by atoms with E-state index in [1.807, 2.05) is 48.7 Å². The maximum absolute atomic E-state index is 12.7. The van der Waals surface area contributed by atoms with Crippen molar-refractivity contribution in [2.24, 2.45) is 0 Å². The Morgan fingerprint density at radius 3 is 2.77 bits per heavy atom. The quantitative estimate of drug-likeness (QED) is 0.791. The van der Waals surface area contributed by atoms with E-state index >= 15 is 0 Å². The largest absolute Gasteiger partial charge is 0.319 e. The minimum Gasteiger partial charge on any atom is -0.319 e. The van der Waals surface area contributed by atoms with Crippen LogP contribution in [0.1, 0.15) is 28.7 Å². The van der Waals surface area contributed by atoms with Crippen molar-refractivity contribution in [3.63, 3.8) is 0 Å². The van der Waals surface area contributed by atoms with E-state index < -0.39 is 0 Å². The maximum atomic E-state index is 12.7. The average Bonchev–Trinajstić information content (AvgIpc) is 2.89. The number of nitrogens with zero attached hydrogens (tertiary/aromatic N) is 2. The molecule has 3 rings (SSSR count). The van der Waals surface area contributed by atoms with Crippen LogP contribution in [0.15, 0.2) is 42.6 Å². The van der Waals surface area contributed by atoms with Gasteiger partial charge in [0.05, 0.1) is 16.4 Å². The van der Waals surface area contributed by atoms with Gasteiger partial charge in [0.2, 0.25) is 0 Å². The van der Waals surface area contributed by atoms with Crippen LogP contribution in [-0.2, 0) is 6.42 Å². The maximum Gasteiger partial charge on any atom is 0.274 e. The summed E-state index contributed by atoms with van der Waals surface area (Å²) in [6, 6.07) is 11.1. The molecule has 0 aliphatic heterocycles. The minimum absolute atomic E-state index is 0.206. The van der Waals surface area contributed by atoms with E-state index in [0.29, 0.717) is 22.8 Å². The molecule has 2 heterocycles. The monoisotopic (exact) mass is 313 g/mol. The highest BCUT2D eigenvalue weighted by molar-refractivity contribution is 6.33. The van der Waals surface area contributed by atoms with Crippen LogP contribution < -0.4 is 5.32 Å². The van der Waals surface area contributed by atoms with E-state index in [0.717, 1.165) is 16.9 Å². The summed E-state index contributed by atoms with van der Waals surface area (Å²) in [6.07, 6.45) is 2.54. The van der Waals surface area contributed by atoms with Gasteiger partial charge in [-0.15, -0.1) is 0 Å². The smallest absolute Gasteiger partial charge is 0.274 e. The zero-order valence-corrected chi connectivity index (χ0v) is 13.2. The van der Waals surface area contributed by atoms with Crippen LogP contribution >= 0.6 is 11.6 Å². The predicted molar refractivity (Wildman–Crippen MR) is 88.7 cm³/mol. The van der Waals surface area contributed by atoms with Crippen molar-refractivity contribution in [3.8, 4) is 0 Å². The van der Waals surface area contributed by atoms with Gasteiger partial charge in [-0.3, -0.25) is 9.20 Å². The first kappa shape index (κ1) is 14.6. The molecule has 0 saturated heterocycles. The van der Waals surface area contributed by atoms with Gasteiger partial charge in [-0.05, 0) is 37.1 Å². The van der Waals surface area contributed by atoms with Gasteiger partial charge in [0.1, 0.15) is 11.3 Å². The first-order valence-electron chi connectivity index (χ1n) is 7.14. The third-order valence-electron chi connectivity index (χ3n) is 3.59. The van der Waals surface area contributed by atoms with Crippen molar-refractivity contribution >= 4 is 28.8 Å². The highest BCUT2D eigenvalue weighted by atomic mass is 35.5. The van der Waals surface area contributed by atoms with Gasteiger partial charge in [0.25, 0.3) is 5.91 Å². The van der Waals surface area contributed by atoms with E-state index in [2.05, 4.69) is 10.3 Å². The van der Waals surface area contributed by atoms with Gasteiger partial charge in [-0.25, -0.2) is 4.98 Å². The lowest BCUT2D eigenvalue weighted by molar-refractivity contribution is 0.102. The number of amides is 1. The molecule has 0 fully saturated rings. The van der Waals surface area contributed by atoms with E-state index in [4.69, 9.17) is 11.6 Å². The molecule has 1 aromatic carbocycles. The van der Waals surface area contributed by atoms with Crippen LogP contribution in [0.4, 0.5) is 5.69 Å². The van der Waals surface area contributed by atoms with Crippen molar-refractivity contribution in [1.82, 2.24) is 9.38 Å².